The average Bonchev–Trinajstić information content (AvgIpc) is 3.02. The summed E-state index contributed by atoms with van der Waals surface area (Å²) >= 11 is 0. The molecular weight excluding hydrogens is 302 g/mol. The molecule has 1 saturated heterocycles. The van der Waals surface area contributed by atoms with E-state index in [1.165, 1.54) is 5.56 Å². The third-order valence-electron chi connectivity index (χ3n) is 5.40. The van der Waals surface area contributed by atoms with Crippen LogP contribution in [-0.2, 0) is 16.0 Å². The molecular formula is C20H29NO3. The van der Waals surface area contributed by atoms with Crippen LogP contribution in [0.25, 0.3) is 0 Å². The monoisotopic (exact) mass is 331 g/mol. The second-order valence-electron chi connectivity index (χ2n) is 7.29. The van der Waals surface area contributed by atoms with Gasteiger partial charge in [-0.1, -0.05) is 43.2 Å². The standard InChI is InChI=1S/C20H29NO3/c22-19(16-20(23)11-4-5-12-20)21-13-8-18(9-14-21)24-15-10-17-6-2-1-3-7-17/h1-3,6-7,18,23H,4-5,8-16H2. The number of hydrogen-bond acceptors (Lipinski definition) is 3. The molecule has 0 radical (unpaired) electrons. The van der Waals surface area contributed by atoms with Crippen LogP contribution in [0.15, 0.2) is 30.3 Å². The second kappa shape index (κ2) is 8.13. The average molecular weight is 331 g/mol. The van der Waals surface area contributed by atoms with Crippen LogP contribution < -0.4 is 0 Å². The maximum atomic E-state index is 12.4. The summed E-state index contributed by atoms with van der Waals surface area (Å²) in [6.45, 7) is 2.25. The summed E-state index contributed by atoms with van der Waals surface area (Å²) in [5.41, 5.74) is 0.565. The van der Waals surface area contributed by atoms with E-state index in [0.717, 1.165) is 64.6 Å². The van der Waals surface area contributed by atoms with Gasteiger partial charge in [0.2, 0.25) is 5.91 Å². The summed E-state index contributed by atoms with van der Waals surface area (Å²) in [5.74, 6) is 0.113. The Hall–Kier alpha value is -1.39. The summed E-state index contributed by atoms with van der Waals surface area (Å²) < 4.78 is 5.98. The molecule has 0 bridgehead atoms. The van der Waals surface area contributed by atoms with Crippen molar-refractivity contribution in [1.82, 2.24) is 4.90 Å². The third-order valence-corrected chi connectivity index (χ3v) is 5.40. The molecule has 1 aliphatic heterocycles. The Bertz CT molecular complexity index is 517. The van der Waals surface area contributed by atoms with E-state index >= 15 is 0 Å². The van der Waals surface area contributed by atoms with Crippen molar-refractivity contribution >= 4 is 5.91 Å². The first-order valence-corrected chi connectivity index (χ1v) is 9.30. The van der Waals surface area contributed by atoms with E-state index in [0.29, 0.717) is 6.42 Å². The maximum Gasteiger partial charge on any atom is 0.225 e. The van der Waals surface area contributed by atoms with E-state index in [1.54, 1.807) is 0 Å². The predicted octanol–water partition coefficient (Wildman–Crippen LogP) is 2.93. The zero-order valence-electron chi connectivity index (χ0n) is 14.5. The number of rotatable bonds is 6. The minimum absolute atomic E-state index is 0.113. The van der Waals surface area contributed by atoms with Gasteiger partial charge in [-0.3, -0.25) is 4.79 Å². The van der Waals surface area contributed by atoms with Crippen molar-refractivity contribution in [2.75, 3.05) is 19.7 Å². The Balaban J connectivity index is 1.35. The fourth-order valence-corrected chi connectivity index (χ4v) is 3.86. The Morgan fingerprint density at radius 3 is 2.50 bits per heavy atom. The van der Waals surface area contributed by atoms with Gasteiger partial charge in [0, 0.05) is 13.1 Å². The molecule has 2 aliphatic rings. The van der Waals surface area contributed by atoms with E-state index in [4.69, 9.17) is 4.74 Å². The first-order chi connectivity index (χ1) is 11.6. The predicted molar refractivity (Wildman–Crippen MR) is 93.7 cm³/mol. The summed E-state index contributed by atoms with van der Waals surface area (Å²) in [7, 11) is 0. The largest absolute Gasteiger partial charge is 0.389 e. The van der Waals surface area contributed by atoms with Gasteiger partial charge in [0.15, 0.2) is 0 Å². The third kappa shape index (κ3) is 4.81. The minimum Gasteiger partial charge on any atom is -0.389 e. The molecule has 0 unspecified atom stereocenters. The van der Waals surface area contributed by atoms with Crippen LogP contribution in [0.2, 0.25) is 0 Å². The number of hydrogen-bond donors (Lipinski definition) is 1. The van der Waals surface area contributed by atoms with Crippen molar-refractivity contribution in [2.24, 2.45) is 0 Å². The van der Waals surface area contributed by atoms with Crippen LogP contribution >= 0.6 is 0 Å². The minimum atomic E-state index is -0.736. The number of nitrogens with zero attached hydrogens (tertiary/aromatic N) is 1. The number of carbonyl (C=O) groups is 1. The molecule has 0 aromatic heterocycles. The number of carbonyl (C=O) groups excluding carboxylic acids is 1. The van der Waals surface area contributed by atoms with Gasteiger partial charge >= 0.3 is 0 Å². The number of aliphatic hydroxyl groups is 1. The maximum absolute atomic E-state index is 12.4. The molecule has 3 rings (SSSR count). The van der Waals surface area contributed by atoms with Crippen LogP contribution in [0.5, 0.6) is 0 Å². The van der Waals surface area contributed by atoms with Crippen molar-refractivity contribution in [3.8, 4) is 0 Å². The fourth-order valence-electron chi connectivity index (χ4n) is 3.86. The van der Waals surface area contributed by atoms with E-state index < -0.39 is 5.60 Å². The molecule has 0 atom stereocenters. The van der Waals surface area contributed by atoms with Gasteiger partial charge in [0.25, 0.3) is 0 Å². The lowest BCUT2D eigenvalue weighted by molar-refractivity contribution is -0.138. The normalized spacial score (nSPS) is 21.1. The Morgan fingerprint density at radius 2 is 1.83 bits per heavy atom. The summed E-state index contributed by atoms with van der Waals surface area (Å²) in [6, 6.07) is 10.4. The highest BCUT2D eigenvalue weighted by atomic mass is 16.5. The highest BCUT2D eigenvalue weighted by Gasteiger charge is 2.35. The van der Waals surface area contributed by atoms with Gasteiger partial charge in [-0.2, -0.15) is 0 Å². The van der Waals surface area contributed by atoms with Crippen LogP contribution in [0.4, 0.5) is 0 Å². The lowest BCUT2D eigenvalue weighted by Gasteiger charge is -2.34. The molecule has 1 aromatic rings. The van der Waals surface area contributed by atoms with Crippen LogP contribution in [0, 0.1) is 0 Å². The number of amides is 1. The lowest BCUT2D eigenvalue weighted by Crippen LogP contribution is -2.44. The molecule has 1 aromatic carbocycles. The summed E-state index contributed by atoms with van der Waals surface area (Å²) in [4.78, 5) is 14.3. The topological polar surface area (TPSA) is 49.8 Å². The number of ether oxygens (including phenoxy) is 1. The van der Waals surface area contributed by atoms with E-state index in [9.17, 15) is 9.90 Å². The van der Waals surface area contributed by atoms with Gasteiger partial charge in [-0.05, 0) is 37.7 Å². The van der Waals surface area contributed by atoms with Gasteiger partial charge < -0.3 is 14.7 Å². The molecule has 2 fully saturated rings. The van der Waals surface area contributed by atoms with Crippen molar-refractivity contribution in [2.45, 2.75) is 63.1 Å². The molecule has 1 amide bonds. The van der Waals surface area contributed by atoms with Crippen molar-refractivity contribution < 1.29 is 14.6 Å². The SMILES string of the molecule is O=C(CC1(O)CCCC1)N1CCC(OCCc2ccccc2)CC1. The highest BCUT2D eigenvalue weighted by molar-refractivity contribution is 5.77. The highest BCUT2D eigenvalue weighted by Crippen LogP contribution is 2.33. The fraction of sp³-hybridized carbons (Fsp3) is 0.650. The molecule has 4 heteroatoms. The smallest absolute Gasteiger partial charge is 0.225 e. The molecule has 1 N–H and O–H groups in total. The number of piperidine rings is 1. The first-order valence-electron chi connectivity index (χ1n) is 9.30. The number of benzene rings is 1. The quantitative estimate of drug-likeness (QED) is 0.872. The summed E-state index contributed by atoms with van der Waals surface area (Å²) in [5, 5.41) is 10.4. The van der Waals surface area contributed by atoms with Crippen LogP contribution in [-0.4, -0.2) is 47.3 Å². The second-order valence-corrected chi connectivity index (χ2v) is 7.29. The van der Waals surface area contributed by atoms with Gasteiger partial charge in [-0.15, -0.1) is 0 Å². The van der Waals surface area contributed by atoms with Gasteiger partial charge in [-0.25, -0.2) is 0 Å². The van der Waals surface area contributed by atoms with E-state index in [2.05, 4.69) is 24.3 Å². The first kappa shape index (κ1) is 17.4. The van der Waals surface area contributed by atoms with Crippen molar-refractivity contribution in [3.05, 3.63) is 35.9 Å². The Morgan fingerprint density at radius 1 is 1.17 bits per heavy atom. The van der Waals surface area contributed by atoms with Crippen molar-refractivity contribution in [3.63, 3.8) is 0 Å². The molecule has 1 saturated carbocycles. The zero-order valence-corrected chi connectivity index (χ0v) is 14.5. The zero-order chi connectivity index (χ0) is 16.8. The molecule has 1 heterocycles. The van der Waals surface area contributed by atoms with Crippen LogP contribution in [0.3, 0.4) is 0 Å². The van der Waals surface area contributed by atoms with E-state index in [1.807, 2.05) is 11.0 Å². The molecule has 4 nitrogen and oxygen atoms in total. The lowest BCUT2D eigenvalue weighted by atomic mass is 9.96. The number of likely N-dealkylation sites (tertiary alicyclic amines) is 1. The molecule has 0 spiro atoms. The molecule has 1 aliphatic carbocycles. The Labute approximate surface area is 144 Å². The molecule has 24 heavy (non-hydrogen) atoms. The van der Waals surface area contributed by atoms with Gasteiger partial charge in [0.1, 0.15) is 0 Å². The van der Waals surface area contributed by atoms with Crippen LogP contribution in [0.1, 0.15) is 50.5 Å². The van der Waals surface area contributed by atoms with Gasteiger partial charge in [0.05, 0.1) is 24.7 Å². The molecule has 132 valence electrons. The summed E-state index contributed by atoms with van der Waals surface area (Å²) in [6.07, 6.45) is 6.93. The van der Waals surface area contributed by atoms with E-state index in [-0.39, 0.29) is 12.0 Å². The van der Waals surface area contributed by atoms with Crippen molar-refractivity contribution in [1.29, 1.82) is 0 Å². The Kier molecular flexibility index (Phi) is 5.90.